The fourth-order valence-electron chi connectivity index (χ4n) is 21.1. The van der Waals surface area contributed by atoms with E-state index >= 15 is 0 Å². The van der Waals surface area contributed by atoms with Crippen molar-refractivity contribution in [3.8, 4) is 224 Å². The lowest BCUT2D eigenvalue weighted by Crippen LogP contribution is -2.00. The molecular formula is C128H82N8. The zero-order valence-electron chi connectivity index (χ0n) is 73.9. The molecule has 0 aliphatic carbocycles. The average Bonchev–Trinajstić information content (AvgIpc) is 1.52. The van der Waals surface area contributed by atoms with Crippen LogP contribution in [-0.4, -0.2) is 39.9 Å². The van der Waals surface area contributed by atoms with Crippen LogP contribution in [0.25, 0.3) is 268 Å². The van der Waals surface area contributed by atoms with Gasteiger partial charge < -0.3 is 9.97 Å². The van der Waals surface area contributed by atoms with Crippen LogP contribution in [0.3, 0.4) is 0 Å². The number of nitrogens with one attached hydrogen (secondary N) is 2. The molecule has 0 spiro atoms. The lowest BCUT2D eigenvalue weighted by atomic mass is 9.77. The summed E-state index contributed by atoms with van der Waals surface area (Å²) in [5.74, 6) is 1.67. The molecular weight excluding hydrogens is 1650 g/mol. The van der Waals surface area contributed by atoms with Crippen molar-refractivity contribution in [3.63, 3.8) is 0 Å². The van der Waals surface area contributed by atoms with E-state index < -0.39 is 0 Å². The maximum atomic E-state index is 6.57. The molecule has 8 heteroatoms. The minimum atomic E-state index is 0.418. The fraction of sp³-hybridized carbons (Fsp3) is 0. The Morgan fingerprint density at radius 1 is 0.0956 bits per heavy atom. The Labute approximate surface area is 787 Å². The molecule has 0 fully saturated rings. The largest absolute Gasteiger partial charge is 0.324 e. The number of hydrogen-bond acceptors (Lipinski definition) is 6. The molecule has 2 N–H and O–H groups in total. The van der Waals surface area contributed by atoms with Crippen LogP contribution in [0.5, 0.6) is 0 Å². The topological polar surface area (TPSA) is 109 Å². The maximum Gasteiger partial charge on any atom is 0.165 e. The summed E-state index contributed by atoms with van der Waals surface area (Å²) >= 11 is 0. The zero-order chi connectivity index (χ0) is 89.9. The van der Waals surface area contributed by atoms with Crippen LogP contribution in [0, 0.1) is 0 Å². The summed E-state index contributed by atoms with van der Waals surface area (Å²) in [5.41, 5.74) is 36.3. The molecule has 0 radical (unpaired) electrons. The predicted octanol–water partition coefficient (Wildman–Crippen LogP) is 33.5. The van der Waals surface area contributed by atoms with Crippen LogP contribution in [0.1, 0.15) is 0 Å². The summed E-state index contributed by atoms with van der Waals surface area (Å²) in [4.78, 5) is 47.6. The SMILES string of the molecule is c1ccc(-c2c(-c3ccccc3)c(-c3ccccc3)c3c(c2-c2ccccc2)-c2nc-3nc3[nH]c(nc4nc(nc5[nH]c(n2)c2c(-c6ccccc6)c(-c6ccccc6)c(-c6ccccc6)c(-c6ccccc6)c52)-c2c(-c5ccccc5)c(-c5ccccc5)c(-c5ccccc5)c(-c5ccccc5)c2-4)c2c(-c4ccccc4)c(-c4ccccc4)c(-c4ccccc4)c(-c4ccccc4)c32)cc1. The highest BCUT2D eigenvalue weighted by Gasteiger charge is 2.40. The Morgan fingerprint density at radius 3 is 0.309 bits per heavy atom. The van der Waals surface area contributed by atoms with E-state index in [9.17, 15) is 0 Å². The van der Waals surface area contributed by atoms with Gasteiger partial charge in [-0.15, -0.1) is 0 Å². The van der Waals surface area contributed by atoms with Crippen molar-refractivity contribution in [2.75, 3.05) is 0 Å². The molecule has 8 bridgehead atoms. The highest BCUT2D eigenvalue weighted by molar-refractivity contribution is 6.29. The third-order valence-corrected chi connectivity index (χ3v) is 26.6. The Morgan fingerprint density at radius 2 is 0.191 bits per heavy atom. The van der Waals surface area contributed by atoms with Gasteiger partial charge in [-0.3, -0.25) is 0 Å². The molecule has 0 amide bonds. The smallest absolute Gasteiger partial charge is 0.165 e. The van der Waals surface area contributed by atoms with E-state index in [-0.39, 0.29) is 0 Å². The van der Waals surface area contributed by atoms with Crippen LogP contribution in [0.4, 0.5) is 0 Å². The van der Waals surface area contributed by atoms with Crippen molar-refractivity contribution in [1.29, 1.82) is 0 Å². The number of hydrogen-bond donors (Lipinski definition) is 2. The maximum absolute atomic E-state index is 6.57. The second kappa shape index (κ2) is 34.2. The summed E-state index contributed by atoms with van der Waals surface area (Å²) in [7, 11) is 0. The average molecular weight is 1730 g/mol. The quantitative estimate of drug-likeness (QED) is 0.0998. The standard InChI is InChI=1S/C128H82N8/c1-17-49-81(50-18-1)97-98(82-51-19-2-20-52-82)106(90-67-35-10-36-68-90)114-113(105(97)89-65-33-9-34-66-89)121-129-122(114)134-124-117-109(93-73-41-13-42-74-93)101(85-57-25-5-26-58-85)102(86-59-27-6-28-60-86)110(94-75-43-14-44-76-94)118(117)126(131-124)136-128-120-112(96-79-47-16-48-80-96)104(88-63-31-8-32-64-88)103(87-61-29-7-30-62-87)111(95-77-45-15-46-78-95)119(120)127(132-128)135-125-116-108(92-71-39-12-40-72-92)100(84-55-23-4-24-56-84)99(83-53-21-3-22-54-83)107(91-69-37-11-38-70-91)115(116)123(130-125)133-121/h1-80H,(H2,129,130,131,132,133,134,135,136). The predicted molar refractivity (Wildman–Crippen MR) is 563 cm³/mol. The lowest BCUT2D eigenvalue weighted by Gasteiger charge is -2.25. The molecule has 3 aromatic heterocycles. The summed E-state index contributed by atoms with van der Waals surface area (Å²) in [5, 5.41) is 3.24. The molecule has 634 valence electrons. The van der Waals surface area contributed by atoms with Crippen molar-refractivity contribution < 1.29 is 0 Å². The molecule has 2 aliphatic heterocycles. The molecule has 0 saturated heterocycles. The summed E-state index contributed by atoms with van der Waals surface area (Å²) < 4.78 is 0. The summed E-state index contributed by atoms with van der Waals surface area (Å²) in [6, 6.07) is 174. The van der Waals surface area contributed by atoms with Gasteiger partial charge in [0.25, 0.3) is 0 Å². The van der Waals surface area contributed by atoms with E-state index in [0.717, 1.165) is 222 Å². The second-order valence-corrected chi connectivity index (χ2v) is 34.5. The van der Waals surface area contributed by atoms with Crippen LogP contribution in [0.2, 0.25) is 0 Å². The van der Waals surface area contributed by atoms with Gasteiger partial charge in [-0.1, -0.05) is 485 Å². The van der Waals surface area contributed by atoms with Gasteiger partial charge in [-0.05, 0) is 134 Å². The minimum Gasteiger partial charge on any atom is -0.324 e. The number of benzene rings is 20. The Hall–Kier alpha value is -18.2. The Kier molecular flexibility index (Phi) is 20.1. The first-order valence-electron chi connectivity index (χ1n) is 46.3. The van der Waals surface area contributed by atoms with E-state index in [0.29, 0.717) is 45.9 Å². The van der Waals surface area contributed by atoms with E-state index in [2.05, 4.69) is 495 Å². The third kappa shape index (κ3) is 13.7. The number of nitrogens with zero attached hydrogens (tertiary/aromatic N) is 6. The normalized spacial score (nSPS) is 11.5. The van der Waals surface area contributed by atoms with Gasteiger partial charge in [-0.2, -0.15) is 0 Å². The molecule has 136 heavy (non-hydrogen) atoms. The molecule has 2 aliphatic rings. The zero-order valence-corrected chi connectivity index (χ0v) is 73.9. The molecule has 5 heterocycles. The molecule has 0 saturated carbocycles. The van der Waals surface area contributed by atoms with Gasteiger partial charge in [0, 0.05) is 88.3 Å². The van der Waals surface area contributed by atoms with Crippen LogP contribution >= 0.6 is 0 Å². The first kappa shape index (κ1) is 79.9. The van der Waals surface area contributed by atoms with Gasteiger partial charge in [0.1, 0.15) is 22.6 Å². The van der Waals surface area contributed by atoms with Crippen molar-refractivity contribution in [2.24, 2.45) is 0 Å². The van der Waals surface area contributed by atoms with Crippen LogP contribution in [0.15, 0.2) is 485 Å². The van der Waals surface area contributed by atoms with E-state index in [1.165, 1.54) is 0 Å². The summed E-state index contributed by atoms with van der Waals surface area (Å²) in [6.45, 7) is 0. The van der Waals surface area contributed by atoms with E-state index in [1.807, 2.05) is 0 Å². The fourth-order valence-corrected chi connectivity index (χ4v) is 21.1. The van der Waals surface area contributed by atoms with Crippen LogP contribution in [-0.2, 0) is 0 Å². The van der Waals surface area contributed by atoms with Crippen LogP contribution < -0.4 is 0 Å². The highest BCUT2D eigenvalue weighted by Crippen LogP contribution is 2.62. The number of rotatable bonds is 16. The van der Waals surface area contributed by atoms with Crippen molar-refractivity contribution >= 4 is 44.1 Å². The number of aromatic amines is 2. The lowest BCUT2D eigenvalue weighted by molar-refractivity contribution is 1.19. The minimum absolute atomic E-state index is 0.418. The molecule has 0 atom stereocenters. The molecule has 25 rings (SSSR count). The first-order chi connectivity index (χ1) is 67.6. The Bertz CT molecular complexity index is 7670. The van der Waals surface area contributed by atoms with Gasteiger partial charge in [0.15, 0.2) is 23.3 Å². The molecule has 0 unspecified atom stereocenters. The van der Waals surface area contributed by atoms with E-state index in [4.69, 9.17) is 29.9 Å². The number of H-pyrrole nitrogens is 2. The second-order valence-electron chi connectivity index (χ2n) is 34.5. The van der Waals surface area contributed by atoms with Gasteiger partial charge in [0.05, 0.1) is 0 Å². The number of aromatic nitrogens is 8. The van der Waals surface area contributed by atoms with Gasteiger partial charge in [-0.25, -0.2) is 29.9 Å². The van der Waals surface area contributed by atoms with Gasteiger partial charge >= 0.3 is 0 Å². The molecule has 23 aromatic rings. The van der Waals surface area contributed by atoms with Crippen molar-refractivity contribution in [2.45, 2.75) is 0 Å². The molecule has 8 nitrogen and oxygen atoms in total. The highest BCUT2D eigenvalue weighted by atomic mass is 15.1. The number of fused-ring (bicyclic) bond motifs is 20. The van der Waals surface area contributed by atoms with Crippen molar-refractivity contribution in [1.82, 2.24) is 39.9 Å². The summed E-state index contributed by atoms with van der Waals surface area (Å²) in [6.07, 6.45) is 0. The first-order valence-corrected chi connectivity index (χ1v) is 46.3. The van der Waals surface area contributed by atoms with Crippen molar-refractivity contribution in [3.05, 3.63) is 485 Å². The molecule has 20 aromatic carbocycles. The third-order valence-electron chi connectivity index (χ3n) is 26.6. The van der Waals surface area contributed by atoms with Gasteiger partial charge in [0.2, 0.25) is 0 Å². The monoisotopic (exact) mass is 1730 g/mol. The Balaban J connectivity index is 1.02. The van der Waals surface area contributed by atoms with E-state index in [1.54, 1.807) is 0 Å².